The molecule has 4 rings (SSSR count). The molecule has 1 heterocycles. The molecule has 1 saturated carbocycles. The predicted molar refractivity (Wildman–Crippen MR) is 83.0 cm³/mol. The van der Waals surface area contributed by atoms with Gasteiger partial charge in [-0.25, -0.2) is 4.99 Å². The number of carbonyl (C=O) groups is 1. The average molecular weight is 279 g/mol. The van der Waals surface area contributed by atoms with Gasteiger partial charge in [0.2, 0.25) is 0 Å². The van der Waals surface area contributed by atoms with E-state index in [2.05, 4.69) is 33.8 Å². The number of rotatable bonds is 2. The molecule has 1 amide bonds. The second-order valence-corrected chi connectivity index (χ2v) is 5.94. The van der Waals surface area contributed by atoms with Crippen molar-refractivity contribution in [3.05, 3.63) is 48.0 Å². The third kappa shape index (κ3) is 1.98. The Bertz CT molecular complexity index is 758. The normalized spacial score (nSPS) is 26.9. The van der Waals surface area contributed by atoms with Gasteiger partial charge >= 0.3 is 0 Å². The molecule has 2 aromatic carbocycles. The summed E-state index contributed by atoms with van der Waals surface area (Å²) in [6, 6.07) is 14.6. The molecular formula is C17H17N3O. The van der Waals surface area contributed by atoms with Crippen molar-refractivity contribution in [1.29, 1.82) is 0 Å². The van der Waals surface area contributed by atoms with E-state index in [4.69, 9.17) is 0 Å². The first kappa shape index (κ1) is 12.4. The van der Waals surface area contributed by atoms with Gasteiger partial charge in [0, 0.05) is 0 Å². The second kappa shape index (κ2) is 4.32. The molecule has 0 radical (unpaired) electrons. The highest BCUT2D eigenvalue weighted by Gasteiger charge is 2.43. The fourth-order valence-corrected chi connectivity index (χ4v) is 2.86. The molecule has 0 aromatic heterocycles. The van der Waals surface area contributed by atoms with E-state index < -0.39 is 5.54 Å². The molecule has 2 aliphatic rings. The van der Waals surface area contributed by atoms with Crippen molar-refractivity contribution in [2.75, 3.05) is 0 Å². The summed E-state index contributed by atoms with van der Waals surface area (Å²) in [6.45, 7) is 1.92. The van der Waals surface area contributed by atoms with Crippen LogP contribution >= 0.6 is 0 Å². The predicted octanol–water partition coefficient (Wildman–Crippen LogP) is 2.29. The Kier molecular flexibility index (Phi) is 2.55. The van der Waals surface area contributed by atoms with Crippen LogP contribution in [0.4, 0.5) is 0 Å². The number of carbonyl (C=O) groups excluding carboxylic acids is 1. The first-order valence-corrected chi connectivity index (χ1v) is 7.32. The van der Waals surface area contributed by atoms with Crippen molar-refractivity contribution in [2.24, 2.45) is 4.99 Å². The summed E-state index contributed by atoms with van der Waals surface area (Å²) < 4.78 is 0. The number of fused-ring (bicyclic) bond motifs is 1. The zero-order chi connectivity index (χ0) is 14.4. The second-order valence-electron chi connectivity index (χ2n) is 5.94. The maximum Gasteiger partial charge on any atom is 0.256 e. The molecule has 4 heteroatoms. The molecule has 1 saturated heterocycles. The van der Waals surface area contributed by atoms with Gasteiger partial charge in [0.1, 0.15) is 5.54 Å². The maximum absolute atomic E-state index is 12.5. The monoisotopic (exact) mass is 279 g/mol. The van der Waals surface area contributed by atoms with Crippen LogP contribution in [0.15, 0.2) is 47.5 Å². The Morgan fingerprint density at radius 3 is 2.71 bits per heavy atom. The van der Waals surface area contributed by atoms with Gasteiger partial charge in [-0.3, -0.25) is 10.1 Å². The molecule has 1 aliphatic heterocycles. The van der Waals surface area contributed by atoms with Gasteiger partial charge in [0.25, 0.3) is 5.91 Å². The highest BCUT2D eigenvalue weighted by molar-refractivity contribution is 6.10. The molecule has 0 bridgehead atoms. The van der Waals surface area contributed by atoms with E-state index in [-0.39, 0.29) is 5.91 Å². The Labute approximate surface area is 123 Å². The third-order valence-electron chi connectivity index (χ3n) is 4.24. The van der Waals surface area contributed by atoms with E-state index in [0.717, 1.165) is 29.2 Å². The van der Waals surface area contributed by atoms with Crippen molar-refractivity contribution in [3.63, 3.8) is 0 Å². The van der Waals surface area contributed by atoms with E-state index >= 15 is 0 Å². The lowest BCUT2D eigenvalue weighted by molar-refractivity contribution is -0.123. The summed E-state index contributed by atoms with van der Waals surface area (Å²) in [5.41, 5.74) is 0.216. The number of amides is 1. The Morgan fingerprint density at radius 2 is 1.90 bits per heavy atom. The SMILES string of the molecule is CC1(c2cccc3ccccc23)NC(=NC2CC2)NC1=O. The summed E-state index contributed by atoms with van der Waals surface area (Å²) in [5.74, 6) is 0.566. The van der Waals surface area contributed by atoms with Crippen LogP contribution in [0, 0.1) is 0 Å². The number of nitrogens with zero attached hydrogens (tertiary/aromatic N) is 1. The molecular weight excluding hydrogens is 262 g/mol. The smallest absolute Gasteiger partial charge is 0.256 e. The molecule has 106 valence electrons. The Balaban J connectivity index is 1.81. The van der Waals surface area contributed by atoms with E-state index in [1.165, 1.54) is 0 Å². The van der Waals surface area contributed by atoms with E-state index in [1.54, 1.807) is 0 Å². The standard InChI is InChI=1S/C17H17N3O/c1-17(15(21)19-16(20-17)18-12-9-10-12)14-8-4-6-11-5-2-3-7-13(11)14/h2-8,12H,9-10H2,1H3,(H2,18,19,20,21). The Morgan fingerprint density at radius 1 is 1.14 bits per heavy atom. The van der Waals surface area contributed by atoms with Crippen molar-refractivity contribution in [1.82, 2.24) is 10.6 Å². The quantitative estimate of drug-likeness (QED) is 0.886. The Hall–Kier alpha value is -2.36. The molecule has 1 unspecified atom stereocenters. The number of aliphatic imine (C=N–C) groups is 1. The molecule has 2 aromatic rings. The minimum absolute atomic E-state index is 0.0433. The summed E-state index contributed by atoms with van der Waals surface area (Å²) in [5, 5.41) is 8.40. The van der Waals surface area contributed by atoms with Crippen LogP contribution < -0.4 is 10.6 Å². The van der Waals surface area contributed by atoms with Crippen molar-refractivity contribution < 1.29 is 4.79 Å². The van der Waals surface area contributed by atoms with Crippen molar-refractivity contribution in [3.8, 4) is 0 Å². The molecule has 2 N–H and O–H groups in total. The van der Waals surface area contributed by atoms with E-state index in [1.807, 2.05) is 31.2 Å². The lowest BCUT2D eigenvalue weighted by Gasteiger charge is -2.23. The number of guanidine groups is 1. The lowest BCUT2D eigenvalue weighted by Crippen LogP contribution is -2.40. The van der Waals surface area contributed by atoms with Gasteiger partial charge in [0.15, 0.2) is 5.96 Å². The van der Waals surface area contributed by atoms with E-state index in [0.29, 0.717) is 12.0 Å². The number of benzene rings is 2. The summed E-state index contributed by atoms with van der Waals surface area (Å²) >= 11 is 0. The highest BCUT2D eigenvalue weighted by atomic mass is 16.2. The van der Waals surface area contributed by atoms with Crippen LogP contribution in [0.1, 0.15) is 25.3 Å². The third-order valence-corrected chi connectivity index (χ3v) is 4.24. The maximum atomic E-state index is 12.5. The van der Waals surface area contributed by atoms with Gasteiger partial charge in [-0.15, -0.1) is 0 Å². The highest BCUT2D eigenvalue weighted by Crippen LogP contribution is 2.31. The lowest BCUT2D eigenvalue weighted by atomic mass is 9.88. The molecule has 1 aliphatic carbocycles. The number of hydrogen-bond donors (Lipinski definition) is 2. The topological polar surface area (TPSA) is 53.5 Å². The van der Waals surface area contributed by atoms with Crippen LogP contribution in [-0.4, -0.2) is 17.9 Å². The zero-order valence-electron chi connectivity index (χ0n) is 11.9. The molecule has 0 spiro atoms. The fourth-order valence-electron chi connectivity index (χ4n) is 2.86. The minimum atomic E-state index is -0.769. The summed E-state index contributed by atoms with van der Waals surface area (Å²) in [7, 11) is 0. The summed E-state index contributed by atoms with van der Waals surface area (Å²) in [6.07, 6.45) is 2.23. The van der Waals surface area contributed by atoms with Crippen molar-refractivity contribution >= 4 is 22.6 Å². The van der Waals surface area contributed by atoms with Gasteiger partial charge in [-0.1, -0.05) is 42.5 Å². The molecule has 4 nitrogen and oxygen atoms in total. The van der Waals surface area contributed by atoms with Crippen LogP contribution in [0.2, 0.25) is 0 Å². The van der Waals surface area contributed by atoms with Crippen LogP contribution in [0.25, 0.3) is 10.8 Å². The van der Waals surface area contributed by atoms with Crippen LogP contribution in [0.5, 0.6) is 0 Å². The minimum Gasteiger partial charge on any atom is -0.338 e. The number of hydrogen-bond acceptors (Lipinski definition) is 2. The average Bonchev–Trinajstić information content (AvgIpc) is 3.25. The van der Waals surface area contributed by atoms with E-state index in [9.17, 15) is 4.79 Å². The van der Waals surface area contributed by atoms with Gasteiger partial charge in [0.05, 0.1) is 6.04 Å². The van der Waals surface area contributed by atoms with Crippen LogP contribution in [-0.2, 0) is 10.3 Å². The fraction of sp³-hybridized carbons (Fsp3) is 0.294. The molecule has 1 atom stereocenters. The van der Waals surface area contributed by atoms with Gasteiger partial charge in [-0.2, -0.15) is 0 Å². The summed E-state index contributed by atoms with van der Waals surface area (Å²) in [4.78, 5) is 17.0. The van der Waals surface area contributed by atoms with Crippen molar-refractivity contribution in [2.45, 2.75) is 31.3 Å². The first-order chi connectivity index (χ1) is 10.2. The zero-order valence-corrected chi connectivity index (χ0v) is 11.9. The molecule has 2 fully saturated rings. The number of nitrogens with one attached hydrogen (secondary N) is 2. The molecule has 21 heavy (non-hydrogen) atoms. The first-order valence-electron chi connectivity index (χ1n) is 7.32. The van der Waals surface area contributed by atoms with Crippen LogP contribution in [0.3, 0.4) is 0 Å². The van der Waals surface area contributed by atoms with Gasteiger partial charge in [-0.05, 0) is 36.1 Å². The largest absolute Gasteiger partial charge is 0.338 e. The van der Waals surface area contributed by atoms with Gasteiger partial charge < -0.3 is 5.32 Å².